The van der Waals surface area contributed by atoms with Gasteiger partial charge in [-0.3, -0.25) is 4.98 Å². The van der Waals surface area contributed by atoms with E-state index in [-0.39, 0.29) is 0 Å². The quantitative estimate of drug-likeness (QED) is 0.657. The Morgan fingerprint density at radius 2 is 2.21 bits per heavy atom. The summed E-state index contributed by atoms with van der Waals surface area (Å²) in [5.74, 6) is 2.88. The summed E-state index contributed by atoms with van der Waals surface area (Å²) in [5, 5.41) is 0. The van der Waals surface area contributed by atoms with Crippen LogP contribution < -0.4 is 0 Å². The van der Waals surface area contributed by atoms with E-state index in [9.17, 15) is 0 Å². The van der Waals surface area contributed by atoms with Gasteiger partial charge in [0.05, 0.1) is 0 Å². The Hall–Kier alpha value is -0.850. The lowest BCUT2D eigenvalue weighted by Gasteiger charge is -2.21. The van der Waals surface area contributed by atoms with Crippen molar-refractivity contribution in [3.8, 4) is 0 Å². The summed E-state index contributed by atoms with van der Waals surface area (Å²) in [6, 6.07) is 4.50. The van der Waals surface area contributed by atoms with Crippen LogP contribution in [0.5, 0.6) is 0 Å². The average molecular weight is 187 g/mol. The van der Waals surface area contributed by atoms with Crippen molar-refractivity contribution >= 4 is 0 Å². The van der Waals surface area contributed by atoms with E-state index in [1.54, 1.807) is 5.56 Å². The number of hydrogen-bond acceptors (Lipinski definition) is 1. The lowest BCUT2D eigenvalue weighted by atomic mass is 9.84. The molecule has 2 aliphatic rings. The second kappa shape index (κ2) is 3.08. The van der Waals surface area contributed by atoms with Crippen LogP contribution in [0.3, 0.4) is 0 Å². The molecule has 2 saturated carbocycles. The van der Waals surface area contributed by atoms with Crippen LogP contribution in [0.1, 0.15) is 42.9 Å². The second-order valence-corrected chi connectivity index (χ2v) is 5.01. The smallest absolute Gasteiger partial charge is 0.0375 e. The molecule has 0 aromatic carbocycles. The van der Waals surface area contributed by atoms with Crippen LogP contribution in [0, 0.1) is 18.8 Å². The lowest BCUT2D eigenvalue weighted by Crippen LogP contribution is -2.08. The van der Waals surface area contributed by atoms with E-state index in [0.29, 0.717) is 0 Å². The topological polar surface area (TPSA) is 12.9 Å². The fraction of sp³-hybridized carbons (Fsp3) is 0.615. The Morgan fingerprint density at radius 1 is 1.29 bits per heavy atom. The highest BCUT2D eigenvalue weighted by Crippen LogP contribution is 2.52. The third kappa shape index (κ3) is 1.26. The van der Waals surface area contributed by atoms with Gasteiger partial charge >= 0.3 is 0 Å². The monoisotopic (exact) mass is 187 g/mol. The first kappa shape index (κ1) is 8.46. The summed E-state index contributed by atoms with van der Waals surface area (Å²) < 4.78 is 0. The Bertz CT molecular complexity index is 345. The second-order valence-electron chi connectivity index (χ2n) is 5.01. The van der Waals surface area contributed by atoms with Crippen LogP contribution in [0.15, 0.2) is 18.3 Å². The molecule has 3 unspecified atom stereocenters. The van der Waals surface area contributed by atoms with E-state index in [2.05, 4.69) is 24.0 Å². The Kier molecular flexibility index (Phi) is 1.86. The summed E-state index contributed by atoms with van der Waals surface area (Å²) in [7, 11) is 0. The highest BCUT2D eigenvalue weighted by Gasteiger charge is 2.39. The first-order valence-electron chi connectivity index (χ1n) is 5.75. The first-order chi connectivity index (χ1) is 6.83. The molecule has 0 aliphatic heterocycles. The SMILES string of the molecule is Cc1cc(C2CC3CCC2C3)ccn1. The Labute approximate surface area is 85.6 Å². The molecule has 2 aliphatic carbocycles. The van der Waals surface area contributed by atoms with E-state index >= 15 is 0 Å². The number of nitrogens with zero attached hydrogens (tertiary/aromatic N) is 1. The molecule has 1 aromatic heterocycles. The van der Waals surface area contributed by atoms with Gasteiger partial charge in [0.25, 0.3) is 0 Å². The van der Waals surface area contributed by atoms with E-state index < -0.39 is 0 Å². The molecular formula is C13H17N. The van der Waals surface area contributed by atoms with Crippen molar-refractivity contribution in [2.75, 3.05) is 0 Å². The van der Waals surface area contributed by atoms with Crippen molar-refractivity contribution in [2.24, 2.45) is 11.8 Å². The van der Waals surface area contributed by atoms with Gasteiger partial charge in [-0.15, -0.1) is 0 Å². The molecule has 1 aromatic rings. The summed E-state index contributed by atoms with van der Waals surface area (Å²) >= 11 is 0. The molecule has 14 heavy (non-hydrogen) atoms. The van der Waals surface area contributed by atoms with Crippen molar-refractivity contribution < 1.29 is 0 Å². The highest BCUT2D eigenvalue weighted by molar-refractivity contribution is 5.23. The van der Waals surface area contributed by atoms with Gasteiger partial charge in [0.15, 0.2) is 0 Å². The maximum absolute atomic E-state index is 4.27. The summed E-state index contributed by atoms with van der Waals surface area (Å²) in [5.41, 5.74) is 2.72. The normalized spacial score (nSPS) is 35.1. The van der Waals surface area contributed by atoms with Gasteiger partial charge in [-0.05, 0) is 61.6 Å². The van der Waals surface area contributed by atoms with E-state index in [1.165, 1.54) is 31.4 Å². The standard InChI is InChI=1S/C13H17N/c1-9-6-12(4-5-14-9)13-8-10-2-3-11(13)7-10/h4-6,10-11,13H,2-3,7-8H2,1H3. The van der Waals surface area contributed by atoms with Crippen LogP contribution in [0.25, 0.3) is 0 Å². The third-order valence-corrected chi connectivity index (χ3v) is 4.09. The zero-order valence-corrected chi connectivity index (χ0v) is 8.74. The maximum atomic E-state index is 4.27. The summed E-state index contributed by atoms with van der Waals surface area (Å²) in [6.07, 6.45) is 7.86. The number of pyridine rings is 1. The fourth-order valence-corrected chi connectivity index (χ4v) is 3.45. The third-order valence-electron chi connectivity index (χ3n) is 4.09. The van der Waals surface area contributed by atoms with Crippen LogP contribution in [-0.2, 0) is 0 Å². The van der Waals surface area contributed by atoms with E-state index in [4.69, 9.17) is 0 Å². The summed E-state index contributed by atoms with van der Waals surface area (Å²) in [4.78, 5) is 4.27. The molecule has 0 N–H and O–H groups in total. The number of aromatic nitrogens is 1. The zero-order valence-electron chi connectivity index (χ0n) is 8.74. The van der Waals surface area contributed by atoms with Crippen LogP contribution in [0.2, 0.25) is 0 Å². The predicted molar refractivity (Wildman–Crippen MR) is 57.2 cm³/mol. The molecule has 2 bridgehead atoms. The van der Waals surface area contributed by atoms with Gasteiger partial charge < -0.3 is 0 Å². The Balaban J connectivity index is 1.89. The van der Waals surface area contributed by atoms with Crippen LogP contribution >= 0.6 is 0 Å². The molecule has 0 amide bonds. The van der Waals surface area contributed by atoms with Crippen molar-refractivity contribution in [3.05, 3.63) is 29.6 Å². The van der Waals surface area contributed by atoms with Crippen molar-refractivity contribution in [2.45, 2.75) is 38.5 Å². The first-order valence-corrected chi connectivity index (χ1v) is 5.75. The molecule has 1 nitrogen and oxygen atoms in total. The van der Waals surface area contributed by atoms with Gasteiger partial charge in [-0.1, -0.05) is 6.42 Å². The van der Waals surface area contributed by atoms with Gasteiger partial charge in [-0.25, -0.2) is 0 Å². The highest BCUT2D eigenvalue weighted by atomic mass is 14.7. The fourth-order valence-electron chi connectivity index (χ4n) is 3.45. The van der Waals surface area contributed by atoms with Crippen LogP contribution in [0.4, 0.5) is 0 Å². The molecule has 3 atom stereocenters. The van der Waals surface area contributed by atoms with Gasteiger partial charge in [0, 0.05) is 11.9 Å². The van der Waals surface area contributed by atoms with Gasteiger partial charge in [0.1, 0.15) is 0 Å². The van der Waals surface area contributed by atoms with Gasteiger partial charge in [-0.2, -0.15) is 0 Å². The molecule has 0 saturated heterocycles. The van der Waals surface area contributed by atoms with Crippen molar-refractivity contribution in [1.82, 2.24) is 4.98 Å². The minimum atomic E-state index is 0.857. The minimum absolute atomic E-state index is 0.857. The molecule has 2 fully saturated rings. The van der Waals surface area contributed by atoms with Gasteiger partial charge in [0.2, 0.25) is 0 Å². The molecule has 0 radical (unpaired) electrons. The van der Waals surface area contributed by atoms with Crippen molar-refractivity contribution in [1.29, 1.82) is 0 Å². The number of rotatable bonds is 1. The predicted octanol–water partition coefficient (Wildman–Crippen LogP) is 3.29. The Morgan fingerprint density at radius 3 is 2.86 bits per heavy atom. The number of hydrogen-bond donors (Lipinski definition) is 0. The zero-order chi connectivity index (χ0) is 9.54. The van der Waals surface area contributed by atoms with Crippen molar-refractivity contribution in [3.63, 3.8) is 0 Å². The molecule has 74 valence electrons. The average Bonchev–Trinajstić information content (AvgIpc) is 2.78. The largest absolute Gasteiger partial charge is 0.262 e. The lowest BCUT2D eigenvalue weighted by molar-refractivity contribution is 0.419. The number of fused-ring (bicyclic) bond motifs is 2. The molecular weight excluding hydrogens is 170 g/mol. The molecule has 1 heteroatoms. The number of aryl methyl sites for hydroxylation is 1. The molecule has 3 rings (SSSR count). The maximum Gasteiger partial charge on any atom is 0.0375 e. The van der Waals surface area contributed by atoms with E-state index in [0.717, 1.165) is 17.8 Å². The van der Waals surface area contributed by atoms with Crippen LogP contribution in [-0.4, -0.2) is 4.98 Å². The molecule has 0 spiro atoms. The minimum Gasteiger partial charge on any atom is -0.262 e. The summed E-state index contributed by atoms with van der Waals surface area (Å²) in [6.45, 7) is 2.09. The van der Waals surface area contributed by atoms with E-state index in [1.807, 2.05) is 6.20 Å². The molecule has 1 heterocycles.